The van der Waals surface area contributed by atoms with E-state index in [0.29, 0.717) is 9.09 Å². The highest BCUT2D eigenvalue weighted by Gasteiger charge is 2.25. The molecule has 2 heterocycles. The first-order valence-electron chi connectivity index (χ1n) is 6.33. The van der Waals surface area contributed by atoms with Gasteiger partial charge in [-0.1, -0.05) is 0 Å². The Labute approximate surface area is 118 Å². The van der Waals surface area contributed by atoms with Gasteiger partial charge in [-0.25, -0.2) is 13.1 Å². The fourth-order valence-corrected chi connectivity index (χ4v) is 5.05. The Morgan fingerprint density at radius 2 is 2.32 bits per heavy atom. The van der Waals surface area contributed by atoms with Gasteiger partial charge in [-0.3, -0.25) is 0 Å². The molecule has 5 nitrogen and oxygen atoms in total. The van der Waals surface area contributed by atoms with Crippen molar-refractivity contribution in [3.8, 4) is 0 Å². The standard InChI is InChI=1S/C12H20N2O3S2/c1-9-6-12(18-11(9)8-15)19(16,17)13-10-4-3-5-14(2)7-10/h6,10,13,15H,3-5,7-8H2,1-2H3. The van der Waals surface area contributed by atoms with E-state index in [2.05, 4.69) is 9.62 Å². The van der Waals surface area contributed by atoms with E-state index < -0.39 is 10.0 Å². The van der Waals surface area contributed by atoms with Gasteiger partial charge in [0.2, 0.25) is 10.0 Å². The SMILES string of the molecule is Cc1cc(S(=O)(=O)NC2CCCN(C)C2)sc1CO. The molecule has 0 aliphatic carbocycles. The number of thiophene rings is 1. The molecule has 1 atom stereocenters. The molecule has 1 aliphatic rings. The highest BCUT2D eigenvalue weighted by molar-refractivity contribution is 7.91. The van der Waals surface area contributed by atoms with Gasteiger partial charge in [-0.05, 0) is 45.0 Å². The Morgan fingerprint density at radius 1 is 1.58 bits per heavy atom. The molecular formula is C12H20N2O3S2. The van der Waals surface area contributed by atoms with Gasteiger partial charge in [0.25, 0.3) is 0 Å². The van der Waals surface area contributed by atoms with E-state index in [9.17, 15) is 8.42 Å². The first kappa shape index (κ1) is 14.9. The van der Waals surface area contributed by atoms with E-state index in [4.69, 9.17) is 5.11 Å². The number of likely N-dealkylation sites (tertiary alicyclic amines) is 1. The molecule has 1 unspecified atom stereocenters. The molecule has 0 spiro atoms. The lowest BCUT2D eigenvalue weighted by atomic mass is 10.1. The van der Waals surface area contributed by atoms with E-state index in [1.54, 1.807) is 6.07 Å². The highest BCUT2D eigenvalue weighted by atomic mass is 32.2. The van der Waals surface area contributed by atoms with Crippen molar-refractivity contribution in [2.75, 3.05) is 20.1 Å². The summed E-state index contributed by atoms with van der Waals surface area (Å²) in [6.45, 7) is 3.47. The van der Waals surface area contributed by atoms with Gasteiger partial charge in [-0.15, -0.1) is 11.3 Å². The molecule has 2 rings (SSSR count). The maximum atomic E-state index is 12.3. The van der Waals surface area contributed by atoms with Crippen LogP contribution in [0.5, 0.6) is 0 Å². The first-order valence-corrected chi connectivity index (χ1v) is 8.63. The van der Waals surface area contributed by atoms with Crippen LogP contribution in [0.4, 0.5) is 0 Å². The topological polar surface area (TPSA) is 69.6 Å². The number of rotatable bonds is 4. The van der Waals surface area contributed by atoms with E-state index in [1.165, 1.54) is 0 Å². The van der Waals surface area contributed by atoms with Crippen molar-refractivity contribution in [2.24, 2.45) is 0 Å². The Balaban J connectivity index is 2.13. The van der Waals surface area contributed by atoms with Crippen LogP contribution >= 0.6 is 11.3 Å². The Kier molecular flexibility index (Phi) is 4.62. The molecule has 0 bridgehead atoms. The molecule has 1 fully saturated rings. The fourth-order valence-electron chi connectivity index (χ4n) is 2.32. The van der Waals surface area contributed by atoms with Gasteiger partial charge >= 0.3 is 0 Å². The van der Waals surface area contributed by atoms with Crippen molar-refractivity contribution >= 4 is 21.4 Å². The molecule has 1 aromatic heterocycles. The zero-order valence-electron chi connectivity index (χ0n) is 11.2. The minimum absolute atomic E-state index is 0.0243. The second-order valence-corrected chi connectivity index (χ2v) is 8.13. The number of likely N-dealkylation sites (N-methyl/N-ethyl adjacent to an activating group) is 1. The van der Waals surface area contributed by atoms with Gasteiger partial charge in [-0.2, -0.15) is 0 Å². The third-order valence-corrected chi connectivity index (χ3v) is 6.57. The summed E-state index contributed by atoms with van der Waals surface area (Å²) in [5.74, 6) is 0. The van der Waals surface area contributed by atoms with Crippen molar-refractivity contribution in [1.29, 1.82) is 0 Å². The van der Waals surface area contributed by atoms with E-state index in [0.717, 1.165) is 42.8 Å². The Bertz CT molecular complexity index is 539. The van der Waals surface area contributed by atoms with Crippen LogP contribution in [0.1, 0.15) is 23.3 Å². The smallest absolute Gasteiger partial charge is 0.250 e. The lowest BCUT2D eigenvalue weighted by Gasteiger charge is -2.29. The number of aliphatic hydroxyl groups excluding tert-OH is 1. The molecule has 0 saturated carbocycles. The number of aryl methyl sites for hydroxylation is 1. The fraction of sp³-hybridized carbons (Fsp3) is 0.667. The molecule has 1 saturated heterocycles. The van der Waals surface area contributed by atoms with E-state index in [1.807, 2.05) is 14.0 Å². The third-order valence-electron chi connectivity index (χ3n) is 3.35. The Hall–Kier alpha value is -0.470. The quantitative estimate of drug-likeness (QED) is 0.868. The van der Waals surface area contributed by atoms with Crippen molar-refractivity contribution in [2.45, 2.75) is 36.6 Å². The van der Waals surface area contributed by atoms with Crippen molar-refractivity contribution in [3.63, 3.8) is 0 Å². The number of aliphatic hydroxyl groups is 1. The van der Waals surface area contributed by atoms with E-state index in [-0.39, 0.29) is 12.6 Å². The summed E-state index contributed by atoms with van der Waals surface area (Å²) < 4.78 is 27.6. The molecule has 0 aromatic carbocycles. The average molecular weight is 304 g/mol. The maximum Gasteiger partial charge on any atom is 0.250 e. The largest absolute Gasteiger partial charge is 0.391 e. The average Bonchev–Trinajstić information content (AvgIpc) is 2.71. The van der Waals surface area contributed by atoms with Crippen molar-refractivity contribution in [3.05, 3.63) is 16.5 Å². The molecule has 19 heavy (non-hydrogen) atoms. The van der Waals surface area contributed by atoms with Crippen molar-refractivity contribution < 1.29 is 13.5 Å². The lowest BCUT2D eigenvalue weighted by molar-refractivity contribution is 0.242. The second kappa shape index (κ2) is 5.88. The van der Waals surface area contributed by atoms with Gasteiger partial charge < -0.3 is 10.0 Å². The van der Waals surface area contributed by atoms with Crippen LogP contribution in [0.25, 0.3) is 0 Å². The summed E-state index contributed by atoms with van der Waals surface area (Å²) in [6, 6.07) is 1.61. The number of hydrogen-bond acceptors (Lipinski definition) is 5. The monoisotopic (exact) mass is 304 g/mol. The van der Waals surface area contributed by atoms with Gasteiger partial charge in [0.05, 0.1) is 6.61 Å². The molecule has 0 radical (unpaired) electrons. The van der Waals surface area contributed by atoms with Crippen molar-refractivity contribution in [1.82, 2.24) is 9.62 Å². The minimum Gasteiger partial charge on any atom is -0.391 e. The summed E-state index contributed by atoms with van der Waals surface area (Å²) in [5.41, 5.74) is 0.827. The van der Waals surface area contributed by atoms with Crippen LogP contribution in [0, 0.1) is 6.92 Å². The molecule has 108 valence electrons. The Morgan fingerprint density at radius 3 is 2.89 bits per heavy atom. The normalized spacial score (nSPS) is 21.7. The number of hydrogen-bond donors (Lipinski definition) is 2. The summed E-state index contributed by atoms with van der Waals surface area (Å²) in [7, 11) is -1.46. The molecule has 2 N–H and O–H groups in total. The van der Waals surface area contributed by atoms with Gasteiger partial charge in [0.15, 0.2) is 0 Å². The predicted molar refractivity (Wildman–Crippen MR) is 75.8 cm³/mol. The summed E-state index contributed by atoms with van der Waals surface area (Å²) in [4.78, 5) is 2.84. The number of piperidine rings is 1. The van der Waals surface area contributed by atoms with Crippen LogP contribution in [0.2, 0.25) is 0 Å². The van der Waals surface area contributed by atoms with Crippen LogP contribution in [-0.2, 0) is 16.6 Å². The summed E-state index contributed by atoms with van der Waals surface area (Å²) >= 11 is 1.14. The van der Waals surface area contributed by atoms with E-state index >= 15 is 0 Å². The number of sulfonamides is 1. The van der Waals surface area contributed by atoms with Crippen LogP contribution in [-0.4, -0.2) is 44.6 Å². The molecule has 0 amide bonds. The second-order valence-electron chi connectivity index (χ2n) is 5.05. The van der Waals surface area contributed by atoms with Crippen LogP contribution < -0.4 is 4.72 Å². The predicted octanol–water partition coefficient (Wildman–Crippen LogP) is 0.921. The lowest BCUT2D eigenvalue weighted by Crippen LogP contribution is -2.46. The molecule has 7 heteroatoms. The molecule has 1 aromatic rings. The molecule has 1 aliphatic heterocycles. The minimum atomic E-state index is -3.46. The maximum absolute atomic E-state index is 12.3. The zero-order chi connectivity index (χ0) is 14.0. The van der Waals surface area contributed by atoms with Crippen LogP contribution in [0.15, 0.2) is 10.3 Å². The highest BCUT2D eigenvalue weighted by Crippen LogP contribution is 2.26. The van der Waals surface area contributed by atoms with Gasteiger partial charge in [0.1, 0.15) is 4.21 Å². The summed E-state index contributed by atoms with van der Waals surface area (Å²) in [5, 5.41) is 9.14. The number of nitrogens with zero attached hydrogens (tertiary/aromatic N) is 1. The first-order chi connectivity index (χ1) is 8.92. The zero-order valence-corrected chi connectivity index (χ0v) is 12.9. The van der Waals surface area contributed by atoms with Gasteiger partial charge in [0, 0.05) is 17.5 Å². The number of nitrogens with one attached hydrogen (secondary N) is 1. The summed E-state index contributed by atoms with van der Waals surface area (Å²) in [6.07, 6.45) is 1.88. The molecular weight excluding hydrogens is 284 g/mol. The van der Waals surface area contributed by atoms with Crippen LogP contribution in [0.3, 0.4) is 0 Å². The third kappa shape index (κ3) is 3.55.